The van der Waals surface area contributed by atoms with Gasteiger partial charge in [0.2, 0.25) is 5.91 Å². The summed E-state index contributed by atoms with van der Waals surface area (Å²) in [6.45, 7) is 5.83. The molecule has 0 fully saturated rings. The van der Waals surface area contributed by atoms with Gasteiger partial charge in [-0.25, -0.2) is 9.97 Å². The highest BCUT2D eigenvalue weighted by Gasteiger charge is 2.40. The summed E-state index contributed by atoms with van der Waals surface area (Å²) in [4.78, 5) is 26.9. The van der Waals surface area contributed by atoms with Gasteiger partial charge < -0.3 is 10.2 Å². The molecule has 174 valence electrons. The fourth-order valence-electron chi connectivity index (χ4n) is 3.55. The molecule has 0 radical (unpaired) electrons. The molecule has 0 bridgehead atoms. The van der Waals surface area contributed by atoms with E-state index in [0.29, 0.717) is 48.0 Å². The van der Waals surface area contributed by atoms with Crippen molar-refractivity contribution in [1.82, 2.24) is 24.7 Å². The molecule has 11 heteroatoms. The maximum Gasteiger partial charge on any atom is 0.433 e. The molecule has 4 heterocycles. The van der Waals surface area contributed by atoms with Gasteiger partial charge in [-0.05, 0) is 44.4 Å². The third-order valence-corrected chi connectivity index (χ3v) is 5.85. The van der Waals surface area contributed by atoms with E-state index in [2.05, 4.69) is 25.4 Å². The zero-order chi connectivity index (χ0) is 24.0. The lowest BCUT2D eigenvalue weighted by Gasteiger charge is -2.40. The van der Waals surface area contributed by atoms with Gasteiger partial charge in [-0.2, -0.15) is 18.3 Å². The molecule has 0 unspecified atom stereocenters. The Kier molecular flexibility index (Phi) is 5.59. The highest BCUT2D eigenvalue weighted by atomic mass is 19.4. The summed E-state index contributed by atoms with van der Waals surface area (Å²) < 4.78 is 39.6. The van der Waals surface area contributed by atoms with E-state index in [4.69, 9.17) is 0 Å². The number of anilines is 2. The van der Waals surface area contributed by atoms with Crippen molar-refractivity contribution in [1.29, 1.82) is 0 Å². The first-order valence-electron chi connectivity index (χ1n) is 10.4. The number of nitrogens with zero attached hydrogens (tertiary/aromatic N) is 6. The fourth-order valence-corrected chi connectivity index (χ4v) is 3.55. The van der Waals surface area contributed by atoms with Crippen molar-refractivity contribution in [2.24, 2.45) is 0 Å². The van der Waals surface area contributed by atoms with Crippen molar-refractivity contribution in [3.63, 3.8) is 0 Å². The number of likely N-dealkylation sites (N-methyl/N-ethyl adjacent to an activating group) is 1. The van der Waals surface area contributed by atoms with Crippen LogP contribution in [0.1, 0.15) is 42.2 Å². The van der Waals surface area contributed by atoms with Crippen molar-refractivity contribution in [2.45, 2.75) is 51.9 Å². The van der Waals surface area contributed by atoms with Crippen LogP contribution in [0, 0.1) is 6.92 Å². The second-order valence-electron chi connectivity index (χ2n) is 8.59. The molecule has 1 aliphatic heterocycles. The SMILES string of the molecule is Cc1nc(CCc2cnn(Cc3ccc(C(F)(F)F)nc3)c2)nc2c1NC(=O)C(C)(C)N2C. The van der Waals surface area contributed by atoms with E-state index in [1.807, 2.05) is 38.9 Å². The Hall–Kier alpha value is -3.50. The monoisotopic (exact) mass is 459 g/mol. The van der Waals surface area contributed by atoms with Crippen molar-refractivity contribution in [3.05, 3.63) is 59.1 Å². The molecule has 0 atom stereocenters. The molecule has 1 aliphatic rings. The van der Waals surface area contributed by atoms with Gasteiger partial charge in [-0.1, -0.05) is 6.07 Å². The predicted octanol–water partition coefficient (Wildman–Crippen LogP) is 3.40. The predicted molar refractivity (Wildman–Crippen MR) is 116 cm³/mol. The average molecular weight is 459 g/mol. The molecule has 3 aromatic heterocycles. The number of pyridine rings is 1. The van der Waals surface area contributed by atoms with Crippen LogP contribution in [0.15, 0.2) is 30.7 Å². The number of aryl methyl sites for hydroxylation is 3. The quantitative estimate of drug-likeness (QED) is 0.629. The minimum atomic E-state index is -4.45. The number of rotatable bonds is 5. The number of carbonyl (C=O) groups excluding carboxylic acids is 1. The molecule has 3 aromatic rings. The molecule has 33 heavy (non-hydrogen) atoms. The first-order chi connectivity index (χ1) is 15.4. The Bertz CT molecular complexity index is 1190. The highest BCUT2D eigenvalue weighted by Crippen LogP contribution is 2.35. The maximum atomic E-state index is 12.7. The number of amides is 1. The summed E-state index contributed by atoms with van der Waals surface area (Å²) in [6.07, 6.45) is 1.54. The first-order valence-corrected chi connectivity index (χ1v) is 10.4. The van der Waals surface area contributed by atoms with Crippen LogP contribution in [0.5, 0.6) is 0 Å². The molecular weight excluding hydrogens is 435 g/mol. The van der Waals surface area contributed by atoms with Gasteiger partial charge in [0, 0.05) is 25.9 Å². The topological polar surface area (TPSA) is 88.8 Å². The minimum Gasteiger partial charge on any atom is -0.344 e. The molecule has 8 nitrogen and oxygen atoms in total. The first kappa shape index (κ1) is 22.7. The van der Waals surface area contributed by atoms with Crippen molar-refractivity contribution in [2.75, 3.05) is 17.3 Å². The molecule has 0 saturated heterocycles. The maximum absolute atomic E-state index is 12.7. The van der Waals surface area contributed by atoms with Crippen LogP contribution in [0.2, 0.25) is 0 Å². The lowest BCUT2D eigenvalue weighted by molar-refractivity contribution is -0.141. The zero-order valence-electron chi connectivity index (χ0n) is 18.7. The lowest BCUT2D eigenvalue weighted by atomic mass is 9.99. The van der Waals surface area contributed by atoms with E-state index in [1.165, 1.54) is 12.3 Å². The van der Waals surface area contributed by atoms with Gasteiger partial charge in [0.1, 0.15) is 22.7 Å². The summed E-state index contributed by atoms with van der Waals surface area (Å²) in [5.74, 6) is 1.24. The average Bonchev–Trinajstić information content (AvgIpc) is 3.19. The van der Waals surface area contributed by atoms with Crippen LogP contribution in [-0.4, -0.2) is 43.2 Å². The Balaban J connectivity index is 1.43. The van der Waals surface area contributed by atoms with Gasteiger partial charge in [0.15, 0.2) is 5.82 Å². The van der Waals surface area contributed by atoms with Crippen LogP contribution < -0.4 is 10.2 Å². The van der Waals surface area contributed by atoms with Crippen molar-refractivity contribution >= 4 is 17.4 Å². The number of hydrogen-bond donors (Lipinski definition) is 1. The number of hydrogen-bond acceptors (Lipinski definition) is 6. The fraction of sp³-hybridized carbons (Fsp3) is 0.409. The van der Waals surface area contributed by atoms with Crippen LogP contribution in [0.4, 0.5) is 24.7 Å². The standard InChI is InChI=1S/C22H24F3N7O/c1-13-18-19(31(4)21(2,3)20(33)30-18)29-17(28-13)8-6-15-10-27-32(12-15)11-14-5-7-16(26-9-14)22(23,24)25/h5,7,9-10,12H,6,8,11H2,1-4H3,(H,30,33). The van der Waals surface area contributed by atoms with Crippen LogP contribution >= 0.6 is 0 Å². The van der Waals surface area contributed by atoms with Crippen LogP contribution in [0.25, 0.3) is 0 Å². The molecular formula is C22H24F3N7O. The molecule has 0 saturated carbocycles. The molecule has 0 spiro atoms. The summed E-state index contributed by atoms with van der Waals surface area (Å²) in [5, 5.41) is 7.19. The summed E-state index contributed by atoms with van der Waals surface area (Å²) in [6, 6.07) is 2.37. The van der Waals surface area contributed by atoms with E-state index >= 15 is 0 Å². The van der Waals surface area contributed by atoms with Crippen molar-refractivity contribution in [3.8, 4) is 0 Å². The third kappa shape index (κ3) is 4.53. The Morgan fingerprint density at radius 3 is 2.52 bits per heavy atom. The number of halogens is 3. The Morgan fingerprint density at radius 2 is 1.85 bits per heavy atom. The second kappa shape index (κ2) is 8.13. The van der Waals surface area contributed by atoms with Crippen LogP contribution in [-0.2, 0) is 30.4 Å². The number of fused-ring (bicyclic) bond motifs is 1. The summed E-state index contributed by atoms with van der Waals surface area (Å²) in [7, 11) is 1.84. The smallest absolute Gasteiger partial charge is 0.344 e. The van der Waals surface area contributed by atoms with Gasteiger partial charge in [-0.3, -0.25) is 14.5 Å². The summed E-state index contributed by atoms with van der Waals surface area (Å²) in [5.41, 5.74) is 1.27. The number of alkyl halides is 3. The molecule has 0 aliphatic carbocycles. The van der Waals surface area contributed by atoms with E-state index in [0.717, 1.165) is 11.6 Å². The lowest BCUT2D eigenvalue weighted by Crippen LogP contribution is -2.54. The van der Waals surface area contributed by atoms with Gasteiger partial charge >= 0.3 is 6.18 Å². The zero-order valence-corrected chi connectivity index (χ0v) is 18.7. The van der Waals surface area contributed by atoms with Gasteiger partial charge in [0.05, 0.1) is 18.4 Å². The minimum absolute atomic E-state index is 0.104. The largest absolute Gasteiger partial charge is 0.433 e. The van der Waals surface area contributed by atoms with Gasteiger partial charge in [0.25, 0.3) is 0 Å². The molecule has 1 amide bonds. The second-order valence-corrected chi connectivity index (χ2v) is 8.59. The van der Waals surface area contributed by atoms with Gasteiger partial charge in [-0.15, -0.1) is 0 Å². The summed E-state index contributed by atoms with van der Waals surface area (Å²) >= 11 is 0. The number of carbonyl (C=O) groups is 1. The number of nitrogens with one attached hydrogen (secondary N) is 1. The Labute approximate surface area is 188 Å². The highest BCUT2D eigenvalue weighted by molar-refractivity contribution is 6.05. The molecule has 4 rings (SSSR count). The van der Waals surface area contributed by atoms with E-state index in [9.17, 15) is 18.0 Å². The number of aromatic nitrogens is 5. The van der Waals surface area contributed by atoms with E-state index in [1.54, 1.807) is 10.9 Å². The van der Waals surface area contributed by atoms with Crippen molar-refractivity contribution < 1.29 is 18.0 Å². The Morgan fingerprint density at radius 1 is 1.09 bits per heavy atom. The molecule has 1 N–H and O–H groups in total. The normalized spacial score (nSPS) is 15.4. The van der Waals surface area contributed by atoms with Crippen LogP contribution in [0.3, 0.4) is 0 Å². The van der Waals surface area contributed by atoms with E-state index in [-0.39, 0.29) is 5.91 Å². The third-order valence-electron chi connectivity index (χ3n) is 5.85. The van der Waals surface area contributed by atoms with E-state index < -0.39 is 17.4 Å². The molecule has 0 aromatic carbocycles.